The number of nitrogen functional groups attached to an aromatic ring is 1. The average molecular weight is 757 g/mol. The van der Waals surface area contributed by atoms with Crippen LogP contribution in [-0.4, -0.2) is 133 Å². The predicted octanol–water partition coefficient (Wildman–Crippen LogP) is 2.83. The van der Waals surface area contributed by atoms with Crippen LogP contribution in [0.4, 0.5) is 5.69 Å². The number of nitrogens with one attached hydrogen (secondary N) is 2. The third-order valence-electron chi connectivity index (χ3n) is 12.7. The number of likely N-dealkylation sites (N-methyl/N-ethyl adjacent to an activating group) is 2. The Morgan fingerprint density at radius 3 is 2.35 bits per heavy atom. The average Bonchev–Trinajstić information content (AvgIpc) is 3.90. The van der Waals surface area contributed by atoms with E-state index in [1.165, 1.54) is 0 Å². The zero-order valence-corrected chi connectivity index (χ0v) is 34.1. The number of fused-ring (bicyclic) bond motifs is 2. The Morgan fingerprint density at radius 1 is 1.06 bits per heavy atom. The van der Waals surface area contributed by atoms with Crippen LogP contribution in [0.2, 0.25) is 0 Å². The molecule has 0 aromatic heterocycles. The zero-order valence-electron chi connectivity index (χ0n) is 34.1. The fourth-order valence-corrected chi connectivity index (χ4v) is 9.38. The van der Waals surface area contributed by atoms with Gasteiger partial charge in [0, 0.05) is 39.5 Å². The third kappa shape index (κ3) is 9.94. The van der Waals surface area contributed by atoms with E-state index in [2.05, 4.69) is 29.4 Å². The second-order valence-electron chi connectivity index (χ2n) is 16.5. The van der Waals surface area contributed by atoms with Crippen LogP contribution >= 0.6 is 0 Å². The second-order valence-corrected chi connectivity index (χ2v) is 16.5. The molecule has 13 nitrogen and oxygen atoms in total. The van der Waals surface area contributed by atoms with Gasteiger partial charge in [0.1, 0.15) is 6.04 Å². The van der Waals surface area contributed by atoms with Gasteiger partial charge in [0.05, 0.1) is 55.3 Å². The predicted molar refractivity (Wildman–Crippen MR) is 209 cm³/mol. The fraction of sp³-hybridized carbons (Fsp3) is 0.756. The summed E-state index contributed by atoms with van der Waals surface area (Å²) in [5.41, 5.74) is 7.44. The van der Waals surface area contributed by atoms with Crippen LogP contribution in [0.1, 0.15) is 85.1 Å². The van der Waals surface area contributed by atoms with E-state index < -0.39 is 36.3 Å². The number of benzene rings is 1. The van der Waals surface area contributed by atoms with Crippen LogP contribution in [0.3, 0.4) is 0 Å². The number of aliphatic hydroxyl groups is 1. The summed E-state index contributed by atoms with van der Waals surface area (Å²) in [6.07, 6.45) is 4.64. The van der Waals surface area contributed by atoms with Crippen molar-refractivity contribution >= 4 is 29.3 Å². The number of piperidine rings is 1. The van der Waals surface area contributed by atoms with Crippen molar-refractivity contribution < 1.29 is 33.8 Å². The summed E-state index contributed by atoms with van der Waals surface area (Å²) in [7, 11) is 6.90. The summed E-state index contributed by atoms with van der Waals surface area (Å²) in [6, 6.07) is 5.56. The number of amides is 4. The number of aliphatic hydroxyl groups excluding tert-OH is 1. The standard InChI is InChI=1S/C41H68N6O7/c1-10-25(4)36(46(7)41(52)35(24(2)3)44-40(51)37-28-16-17-31(21-28)45(37)6)33(53-8)22-34(49)47-18-12-15-32(47)38(54-9)26(5)39(50)43-30(23-48)20-27-13-11-14-29(42)19-27/h11,13-14,19,24-26,28,30-33,35-38,48H,10,12,15-18,20-23,42H2,1-9H3,(H,43,50)(H,44,51)/t25-,26+,28-,30-,31+,32-,33+,35-,36-,37-,38+/m0/s1. The molecule has 1 saturated carbocycles. The lowest BCUT2D eigenvalue weighted by molar-refractivity contribution is -0.148. The van der Waals surface area contributed by atoms with E-state index in [1.54, 1.807) is 44.1 Å². The largest absolute Gasteiger partial charge is 0.399 e. The molecule has 4 rings (SSSR count). The Balaban J connectivity index is 1.44. The van der Waals surface area contributed by atoms with E-state index in [0.717, 1.165) is 37.7 Å². The Labute approximate surface area is 323 Å². The molecule has 2 aliphatic heterocycles. The summed E-state index contributed by atoms with van der Waals surface area (Å²) < 4.78 is 12.0. The number of carbonyl (C=O) groups is 4. The van der Waals surface area contributed by atoms with E-state index in [-0.39, 0.29) is 60.6 Å². The first-order valence-corrected chi connectivity index (χ1v) is 20.1. The minimum Gasteiger partial charge on any atom is -0.399 e. The molecule has 3 fully saturated rings. The first kappa shape index (κ1) is 43.5. The van der Waals surface area contributed by atoms with Gasteiger partial charge in [-0.15, -0.1) is 0 Å². The molecular weight excluding hydrogens is 688 g/mol. The highest BCUT2D eigenvalue weighted by molar-refractivity contribution is 5.90. The van der Waals surface area contributed by atoms with Crippen molar-refractivity contribution in [2.45, 2.75) is 134 Å². The number of carbonyl (C=O) groups excluding carboxylic acids is 4. The molecule has 1 aliphatic carbocycles. The number of ether oxygens (including phenoxy) is 2. The van der Waals surface area contributed by atoms with Gasteiger partial charge in [0.2, 0.25) is 23.6 Å². The SMILES string of the molecule is CC[C@H](C)[C@@H]([C@@H](CC(=O)N1CCC[C@H]1[C@H](OC)[C@@H](C)C(=O)N[C@H](CO)Cc1cccc(N)c1)OC)N(C)C(=O)[C@@H](NC(=O)[C@@H]1[C@H]2CC[C@H](C2)N1C)C(C)C. The summed E-state index contributed by atoms with van der Waals surface area (Å²) in [6.45, 7) is 10.1. The number of anilines is 1. The van der Waals surface area contributed by atoms with Crippen molar-refractivity contribution in [3.63, 3.8) is 0 Å². The molecule has 13 heteroatoms. The molecule has 2 heterocycles. The maximum Gasteiger partial charge on any atom is 0.245 e. The monoisotopic (exact) mass is 757 g/mol. The first-order chi connectivity index (χ1) is 25.7. The molecule has 1 aromatic carbocycles. The molecule has 2 bridgehead atoms. The highest BCUT2D eigenvalue weighted by atomic mass is 16.5. The molecule has 2 saturated heterocycles. The fourth-order valence-electron chi connectivity index (χ4n) is 9.38. The molecule has 0 radical (unpaired) electrons. The number of nitrogens with zero attached hydrogens (tertiary/aromatic N) is 3. The van der Waals surface area contributed by atoms with Gasteiger partial charge < -0.3 is 40.7 Å². The summed E-state index contributed by atoms with van der Waals surface area (Å²) >= 11 is 0. The summed E-state index contributed by atoms with van der Waals surface area (Å²) in [4.78, 5) is 61.4. The number of nitrogens with two attached hydrogens (primary N) is 1. The quantitative estimate of drug-likeness (QED) is 0.155. The van der Waals surface area contributed by atoms with Gasteiger partial charge in [-0.3, -0.25) is 24.1 Å². The van der Waals surface area contributed by atoms with Crippen molar-refractivity contribution in [3.8, 4) is 0 Å². The molecule has 0 spiro atoms. The molecule has 4 amide bonds. The second kappa shape index (κ2) is 19.6. The lowest BCUT2D eigenvalue weighted by atomic mass is 9.89. The number of hydrogen-bond donors (Lipinski definition) is 4. The number of methoxy groups -OCH3 is 2. The minimum absolute atomic E-state index is 0.00599. The zero-order chi connectivity index (χ0) is 39.9. The Morgan fingerprint density at radius 2 is 1.78 bits per heavy atom. The Hall–Kier alpha value is -3.26. The lowest BCUT2D eigenvalue weighted by Gasteiger charge is -2.41. The maximum absolute atomic E-state index is 14.3. The van der Waals surface area contributed by atoms with Gasteiger partial charge >= 0.3 is 0 Å². The van der Waals surface area contributed by atoms with Gasteiger partial charge in [-0.25, -0.2) is 0 Å². The molecule has 0 unspecified atom stereocenters. The van der Waals surface area contributed by atoms with Crippen molar-refractivity contribution in [1.82, 2.24) is 25.3 Å². The minimum atomic E-state index is -0.718. The maximum atomic E-state index is 14.3. The van der Waals surface area contributed by atoms with Crippen molar-refractivity contribution in [1.29, 1.82) is 0 Å². The van der Waals surface area contributed by atoms with Crippen LogP contribution in [0.25, 0.3) is 0 Å². The lowest BCUT2D eigenvalue weighted by Crippen LogP contribution is -2.60. The molecule has 5 N–H and O–H groups in total. The van der Waals surface area contributed by atoms with Crippen LogP contribution in [0.5, 0.6) is 0 Å². The van der Waals surface area contributed by atoms with Crippen LogP contribution < -0.4 is 16.4 Å². The Kier molecular flexibility index (Phi) is 15.7. The topological polar surface area (TPSA) is 167 Å². The van der Waals surface area contributed by atoms with Crippen molar-refractivity contribution in [2.75, 3.05) is 47.2 Å². The van der Waals surface area contributed by atoms with Gasteiger partial charge in [0.15, 0.2) is 0 Å². The van der Waals surface area contributed by atoms with E-state index in [1.807, 2.05) is 39.1 Å². The molecular formula is C41H68N6O7. The number of hydrogen-bond acceptors (Lipinski definition) is 9. The van der Waals surface area contributed by atoms with Gasteiger partial charge in [-0.05, 0) is 81.0 Å². The summed E-state index contributed by atoms with van der Waals surface area (Å²) in [5.74, 6) is -1.13. The summed E-state index contributed by atoms with van der Waals surface area (Å²) in [5, 5.41) is 16.2. The molecule has 304 valence electrons. The van der Waals surface area contributed by atoms with Crippen LogP contribution in [0.15, 0.2) is 24.3 Å². The molecule has 11 atom stereocenters. The first-order valence-electron chi connectivity index (χ1n) is 20.1. The van der Waals surface area contributed by atoms with E-state index >= 15 is 0 Å². The van der Waals surface area contributed by atoms with Gasteiger partial charge in [-0.2, -0.15) is 0 Å². The Bertz CT molecular complexity index is 1430. The van der Waals surface area contributed by atoms with Crippen LogP contribution in [-0.2, 0) is 35.1 Å². The third-order valence-corrected chi connectivity index (χ3v) is 12.7. The molecule has 1 aromatic rings. The smallest absolute Gasteiger partial charge is 0.245 e. The molecule has 54 heavy (non-hydrogen) atoms. The van der Waals surface area contributed by atoms with Gasteiger partial charge in [-0.1, -0.05) is 53.2 Å². The van der Waals surface area contributed by atoms with Crippen molar-refractivity contribution in [2.24, 2.45) is 23.7 Å². The molecule has 3 aliphatic rings. The van der Waals surface area contributed by atoms with E-state index in [9.17, 15) is 24.3 Å². The highest BCUT2D eigenvalue weighted by Gasteiger charge is 2.48. The van der Waals surface area contributed by atoms with Crippen molar-refractivity contribution in [3.05, 3.63) is 29.8 Å². The highest BCUT2D eigenvalue weighted by Crippen LogP contribution is 2.41. The van der Waals surface area contributed by atoms with E-state index in [4.69, 9.17) is 15.2 Å². The van der Waals surface area contributed by atoms with Gasteiger partial charge in [0.25, 0.3) is 0 Å². The number of rotatable bonds is 19. The number of likely N-dealkylation sites (tertiary alicyclic amines) is 2. The van der Waals surface area contributed by atoms with Crippen LogP contribution in [0, 0.1) is 23.7 Å². The van der Waals surface area contributed by atoms with E-state index in [0.29, 0.717) is 37.0 Å². The normalized spacial score (nSPS) is 25.1.